The summed E-state index contributed by atoms with van der Waals surface area (Å²) in [7, 11) is 1.91. The predicted molar refractivity (Wildman–Crippen MR) is 141 cm³/mol. The maximum absolute atomic E-state index is 13.6. The van der Waals surface area contributed by atoms with Crippen molar-refractivity contribution in [3.63, 3.8) is 0 Å². The van der Waals surface area contributed by atoms with Crippen LogP contribution in [-0.2, 0) is 6.42 Å². The van der Waals surface area contributed by atoms with Gasteiger partial charge in [0.2, 0.25) is 0 Å². The fraction of sp³-hybridized carbons (Fsp3) is 0.286. The van der Waals surface area contributed by atoms with E-state index in [1.807, 2.05) is 24.1 Å². The lowest BCUT2D eigenvalue weighted by Crippen LogP contribution is -2.57. The third-order valence-corrected chi connectivity index (χ3v) is 6.49. The standard InChI is InChI=1S/C28H29FN6O3/c1-34-13-14-35(28(37)38)22(18-34)17-32-27(36)24-9-10-25(23-8-3-2-6-20(23)16-30)33-26(24)31-12-11-19-5-4-7-21(29)15-19/h2-10,15,22H,11-14,17-18H2,1H3,(H,31,33)(H,32,36)(H,37,38)/t22-/m0/s1. The second-order valence-corrected chi connectivity index (χ2v) is 9.16. The predicted octanol–water partition coefficient (Wildman–Crippen LogP) is 3.44. The van der Waals surface area contributed by atoms with E-state index < -0.39 is 12.0 Å². The van der Waals surface area contributed by atoms with Gasteiger partial charge in [-0.3, -0.25) is 4.79 Å². The molecule has 38 heavy (non-hydrogen) atoms. The highest BCUT2D eigenvalue weighted by Crippen LogP contribution is 2.25. The maximum atomic E-state index is 13.6. The molecular weight excluding hydrogens is 487 g/mol. The number of amides is 2. The highest BCUT2D eigenvalue weighted by molar-refractivity contribution is 5.99. The molecule has 1 aliphatic heterocycles. The van der Waals surface area contributed by atoms with Gasteiger partial charge in [-0.15, -0.1) is 0 Å². The molecule has 10 heteroatoms. The molecule has 0 saturated carbocycles. The molecule has 1 saturated heterocycles. The number of carbonyl (C=O) groups is 2. The highest BCUT2D eigenvalue weighted by atomic mass is 19.1. The van der Waals surface area contributed by atoms with E-state index in [-0.39, 0.29) is 24.0 Å². The molecule has 2 heterocycles. The number of piperazine rings is 1. The zero-order chi connectivity index (χ0) is 27.1. The number of rotatable bonds is 8. The number of carbonyl (C=O) groups excluding carboxylic acids is 1. The van der Waals surface area contributed by atoms with Crippen LogP contribution < -0.4 is 10.6 Å². The van der Waals surface area contributed by atoms with E-state index in [1.54, 1.807) is 36.4 Å². The van der Waals surface area contributed by atoms with Crippen LogP contribution in [0.1, 0.15) is 21.5 Å². The Bertz CT molecular complexity index is 1360. The first-order valence-corrected chi connectivity index (χ1v) is 12.3. The van der Waals surface area contributed by atoms with E-state index in [9.17, 15) is 24.3 Å². The Kier molecular flexibility index (Phi) is 8.51. The lowest BCUT2D eigenvalue weighted by Gasteiger charge is -2.38. The van der Waals surface area contributed by atoms with Gasteiger partial charge < -0.3 is 25.5 Å². The van der Waals surface area contributed by atoms with Crippen LogP contribution in [0.4, 0.5) is 15.0 Å². The van der Waals surface area contributed by atoms with Crippen molar-refractivity contribution < 1.29 is 19.1 Å². The van der Waals surface area contributed by atoms with Crippen molar-refractivity contribution in [2.75, 3.05) is 45.1 Å². The summed E-state index contributed by atoms with van der Waals surface area (Å²) in [6, 6.07) is 18.5. The summed E-state index contributed by atoms with van der Waals surface area (Å²) in [5.41, 5.74) is 2.70. The van der Waals surface area contributed by atoms with Gasteiger partial charge in [-0.25, -0.2) is 14.2 Å². The molecule has 3 aromatic rings. The summed E-state index contributed by atoms with van der Waals surface area (Å²) in [4.78, 5) is 32.9. The van der Waals surface area contributed by atoms with Crippen molar-refractivity contribution in [2.24, 2.45) is 0 Å². The maximum Gasteiger partial charge on any atom is 0.407 e. The number of hydrogen-bond acceptors (Lipinski definition) is 6. The Morgan fingerprint density at radius 2 is 1.97 bits per heavy atom. The summed E-state index contributed by atoms with van der Waals surface area (Å²) >= 11 is 0. The molecule has 1 aliphatic rings. The number of carboxylic acid groups (broad SMARTS) is 1. The summed E-state index contributed by atoms with van der Waals surface area (Å²) in [6.07, 6.45) is -0.513. The van der Waals surface area contributed by atoms with Crippen LogP contribution in [0, 0.1) is 17.1 Å². The van der Waals surface area contributed by atoms with Gasteiger partial charge in [-0.05, 0) is 49.4 Å². The molecule has 0 unspecified atom stereocenters. The highest BCUT2D eigenvalue weighted by Gasteiger charge is 2.29. The molecule has 3 N–H and O–H groups in total. The fourth-order valence-electron chi connectivity index (χ4n) is 4.49. The first-order valence-electron chi connectivity index (χ1n) is 12.3. The molecule has 4 rings (SSSR count). The lowest BCUT2D eigenvalue weighted by atomic mass is 10.0. The van der Waals surface area contributed by atoms with Gasteiger partial charge in [0.1, 0.15) is 11.6 Å². The SMILES string of the molecule is CN1CCN(C(=O)O)[C@@H](CNC(=O)c2ccc(-c3ccccc3C#N)nc2NCCc2cccc(F)c2)C1. The van der Waals surface area contributed by atoms with Crippen LogP contribution in [0.3, 0.4) is 0 Å². The molecule has 2 amide bonds. The number of aromatic nitrogens is 1. The van der Waals surface area contributed by atoms with Gasteiger partial charge in [0.15, 0.2) is 0 Å². The van der Waals surface area contributed by atoms with Crippen LogP contribution in [-0.4, -0.2) is 77.7 Å². The summed E-state index contributed by atoms with van der Waals surface area (Å²) in [6.45, 7) is 2.05. The Morgan fingerprint density at radius 1 is 1.16 bits per heavy atom. The first kappa shape index (κ1) is 26.6. The average molecular weight is 517 g/mol. The van der Waals surface area contributed by atoms with Gasteiger partial charge in [0.05, 0.1) is 28.9 Å². The zero-order valence-electron chi connectivity index (χ0n) is 21.0. The quantitative estimate of drug-likeness (QED) is 0.419. The normalized spacial score (nSPS) is 15.5. The molecule has 1 atom stereocenters. The van der Waals surface area contributed by atoms with Crippen molar-refractivity contribution in [3.8, 4) is 17.3 Å². The Morgan fingerprint density at radius 3 is 2.74 bits per heavy atom. The minimum absolute atomic E-state index is 0.150. The minimum Gasteiger partial charge on any atom is -0.465 e. The van der Waals surface area contributed by atoms with Gasteiger partial charge in [0.25, 0.3) is 5.91 Å². The van der Waals surface area contributed by atoms with Gasteiger partial charge >= 0.3 is 6.09 Å². The number of anilines is 1. The summed E-state index contributed by atoms with van der Waals surface area (Å²) in [5.74, 6) is -0.399. The van der Waals surface area contributed by atoms with Gasteiger partial charge in [-0.1, -0.05) is 30.3 Å². The van der Waals surface area contributed by atoms with E-state index in [0.29, 0.717) is 55.2 Å². The summed E-state index contributed by atoms with van der Waals surface area (Å²) < 4.78 is 13.6. The van der Waals surface area contributed by atoms with E-state index in [2.05, 4.69) is 21.7 Å². The number of likely N-dealkylation sites (N-methyl/N-ethyl adjacent to an activating group) is 1. The monoisotopic (exact) mass is 516 g/mol. The third-order valence-electron chi connectivity index (χ3n) is 6.49. The molecule has 9 nitrogen and oxygen atoms in total. The second-order valence-electron chi connectivity index (χ2n) is 9.16. The van der Waals surface area contributed by atoms with Crippen molar-refractivity contribution in [3.05, 3.63) is 83.2 Å². The van der Waals surface area contributed by atoms with E-state index in [0.717, 1.165) is 5.56 Å². The molecule has 0 radical (unpaired) electrons. The fourth-order valence-corrected chi connectivity index (χ4v) is 4.49. The molecule has 2 aromatic carbocycles. The molecule has 196 valence electrons. The number of nitrogens with zero attached hydrogens (tertiary/aromatic N) is 4. The van der Waals surface area contributed by atoms with E-state index >= 15 is 0 Å². The Balaban J connectivity index is 1.56. The number of benzene rings is 2. The largest absolute Gasteiger partial charge is 0.465 e. The summed E-state index contributed by atoms with van der Waals surface area (Å²) in [5, 5.41) is 25.1. The second kappa shape index (κ2) is 12.2. The third kappa shape index (κ3) is 6.44. The van der Waals surface area contributed by atoms with Crippen molar-refractivity contribution in [1.82, 2.24) is 20.1 Å². The molecule has 1 aromatic heterocycles. The van der Waals surface area contributed by atoms with Crippen LogP contribution in [0.5, 0.6) is 0 Å². The van der Waals surface area contributed by atoms with Gasteiger partial charge in [0, 0.05) is 38.3 Å². The minimum atomic E-state index is -1.01. The average Bonchev–Trinajstić information content (AvgIpc) is 2.91. The Labute approximate surface area is 220 Å². The van der Waals surface area contributed by atoms with Crippen LogP contribution >= 0.6 is 0 Å². The zero-order valence-corrected chi connectivity index (χ0v) is 21.0. The van der Waals surface area contributed by atoms with Crippen molar-refractivity contribution in [2.45, 2.75) is 12.5 Å². The smallest absolute Gasteiger partial charge is 0.407 e. The molecule has 1 fully saturated rings. The molecular formula is C28H29FN6O3. The van der Waals surface area contributed by atoms with Gasteiger partial charge in [-0.2, -0.15) is 5.26 Å². The molecule has 0 bridgehead atoms. The van der Waals surface area contributed by atoms with E-state index in [4.69, 9.17) is 0 Å². The molecule has 0 spiro atoms. The number of halogens is 1. The lowest BCUT2D eigenvalue weighted by molar-refractivity contribution is 0.0726. The number of nitrogens with one attached hydrogen (secondary N) is 2. The number of pyridine rings is 1. The van der Waals surface area contributed by atoms with Crippen molar-refractivity contribution >= 4 is 17.8 Å². The van der Waals surface area contributed by atoms with Crippen LogP contribution in [0.15, 0.2) is 60.7 Å². The van der Waals surface area contributed by atoms with Crippen molar-refractivity contribution in [1.29, 1.82) is 5.26 Å². The number of nitriles is 1. The van der Waals surface area contributed by atoms with Crippen LogP contribution in [0.25, 0.3) is 11.3 Å². The topological polar surface area (TPSA) is 122 Å². The Hall–Kier alpha value is -4.49. The number of hydrogen-bond donors (Lipinski definition) is 3. The van der Waals surface area contributed by atoms with E-state index in [1.165, 1.54) is 17.0 Å². The first-order chi connectivity index (χ1) is 18.4. The van der Waals surface area contributed by atoms with Crippen LogP contribution in [0.2, 0.25) is 0 Å². The molecule has 0 aliphatic carbocycles.